The molecule has 0 amide bonds. The van der Waals surface area contributed by atoms with Crippen LogP contribution in [-0.2, 0) is 0 Å². The monoisotopic (exact) mass is 219 g/mol. The number of unbranched alkanes of at least 4 members (excludes halogenated alkanes) is 4. The van der Waals surface area contributed by atoms with E-state index in [1.807, 2.05) is 0 Å². The van der Waals surface area contributed by atoms with Gasteiger partial charge >= 0.3 is 0 Å². The van der Waals surface area contributed by atoms with Gasteiger partial charge < -0.3 is 4.90 Å². The summed E-state index contributed by atoms with van der Waals surface area (Å²) >= 11 is 5.63. The van der Waals surface area contributed by atoms with E-state index in [9.17, 15) is 0 Å². The van der Waals surface area contributed by atoms with Gasteiger partial charge in [-0.3, -0.25) is 0 Å². The molecule has 0 fully saturated rings. The van der Waals surface area contributed by atoms with Crippen molar-refractivity contribution in [2.75, 3.05) is 25.5 Å². The predicted molar refractivity (Wildman–Crippen MR) is 66.2 cm³/mol. The van der Waals surface area contributed by atoms with E-state index in [1.54, 1.807) is 0 Å². The third kappa shape index (κ3) is 8.83. The van der Waals surface area contributed by atoms with Crippen LogP contribution < -0.4 is 0 Å². The lowest BCUT2D eigenvalue weighted by molar-refractivity contribution is 0.276. The maximum absolute atomic E-state index is 5.63. The molecule has 0 unspecified atom stereocenters. The molecule has 86 valence electrons. The van der Waals surface area contributed by atoms with Gasteiger partial charge in [0.1, 0.15) is 0 Å². The van der Waals surface area contributed by atoms with Gasteiger partial charge in [0.05, 0.1) is 0 Å². The highest BCUT2D eigenvalue weighted by Crippen LogP contribution is 2.03. The number of halogens is 1. The van der Waals surface area contributed by atoms with Crippen LogP contribution >= 0.6 is 11.6 Å². The van der Waals surface area contributed by atoms with Gasteiger partial charge in [-0.15, -0.1) is 11.6 Å². The van der Waals surface area contributed by atoms with Crippen molar-refractivity contribution >= 4 is 11.6 Å². The fraction of sp³-hybridized carbons (Fsp3) is 1.00. The Morgan fingerprint density at radius 3 is 2.07 bits per heavy atom. The molecule has 0 spiro atoms. The van der Waals surface area contributed by atoms with Crippen LogP contribution in [0.3, 0.4) is 0 Å². The fourth-order valence-electron chi connectivity index (χ4n) is 1.59. The van der Waals surface area contributed by atoms with Crippen molar-refractivity contribution < 1.29 is 0 Å². The van der Waals surface area contributed by atoms with E-state index in [1.165, 1.54) is 58.2 Å². The summed E-state index contributed by atoms with van der Waals surface area (Å²) in [5.74, 6) is 0.827. The van der Waals surface area contributed by atoms with Crippen molar-refractivity contribution in [3.8, 4) is 0 Å². The lowest BCUT2D eigenvalue weighted by atomic mass is 10.2. The highest BCUT2D eigenvalue weighted by molar-refractivity contribution is 6.17. The van der Waals surface area contributed by atoms with E-state index in [0.29, 0.717) is 0 Å². The average molecular weight is 220 g/mol. The summed E-state index contributed by atoms with van der Waals surface area (Å²) in [6.45, 7) is 8.28. The van der Waals surface area contributed by atoms with Gasteiger partial charge in [-0.1, -0.05) is 33.1 Å². The Hall–Kier alpha value is 0.250. The maximum atomic E-state index is 5.63. The molecule has 0 radical (unpaired) electrons. The molecule has 0 aromatic rings. The molecular weight excluding hydrogens is 194 g/mol. The van der Waals surface area contributed by atoms with E-state index < -0.39 is 0 Å². The number of rotatable bonds is 10. The first-order valence-corrected chi connectivity index (χ1v) is 6.66. The molecule has 0 atom stereocenters. The first-order chi connectivity index (χ1) is 6.85. The number of hydrogen-bond acceptors (Lipinski definition) is 1. The molecule has 0 aliphatic rings. The SMILES string of the molecule is CCCCN(CC)CCCCCCCl. The third-order valence-electron chi connectivity index (χ3n) is 2.63. The van der Waals surface area contributed by atoms with E-state index in [2.05, 4.69) is 18.7 Å². The van der Waals surface area contributed by atoms with Crippen molar-refractivity contribution in [3.05, 3.63) is 0 Å². The second-order valence-corrected chi connectivity index (χ2v) is 4.27. The van der Waals surface area contributed by atoms with Crippen LogP contribution in [0.25, 0.3) is 0 Å². The first-order valence-electron chi connectivity index (χ1n) is 6.13. The summed E-state index contributed by atoms with van der Waals surface area (Å²) in [5, 5.41) is 0. The Kier molecular flexibility index (Phi) is 11.5. The first kappa shape index (κ1) is 14.2. The van der Waals surface area contributed by atoms with Gasteiger partial charge in [0.15, 0.2) is 0 Å². The zero-order valence-corrected chi connectivity index (χ0v) is 10.7. The molecule has 0 aromatic carbocycles. The number of hydrogen-bond donors (Lipinski definition) is 0. The second kappa shape index (κ2) is 11.3. The molecule has 0 heterocycles. The minimum absolute atomic E-state index is 0.827. The van der Waals surface area contributed by atoms with Gasteiger partial charge in [0.25, 0.3) is 0 Å². The molecule has 0 bridgehead atoms. The third-order valence-corrected chi connectivity index (χ3v) is 2.90. The topological polar surface area (TPSA) is 3.24 Å². The van der Waals surface area contributed by atoms with Gasteiger partial charge in [0, 0.05) is 5.88 Å². The Morgan fingerprint density at radius 2 is 1.50 bits per heavy atom. The summed E-state index contributed by atoms with van der Waals surface area (Å²) in [7, 11) is 0. The summed E-state index contributed by atoms with van der Waals surface area (Å²) in [5.41, 5.74) is 0. The van der Waals surface area contributed by atoms with Crippen LogP contribution in [0.15, 0.2) is 0 Å². The molecule has 1 nitrogen and oxygen atoms in total. The van der Waals surface area contributed by atoms with Crippen molar-refractivity contribution in [1.82, 2.24) is 4.90 Å². The summed E-state index contributed by atoms with van der Waals surface area (Å²) < 4.78 is 0. The molecule has 0 N–H and O–H groups in total. The van der Waals surface area contributed by atoms with Crippen molar-refractivity contribution in [3.63, 3.8) is 0 Å². The molecule has 0 aromatic heterocycles. The minimum Gasteiger partial charge on any atom is -0.304 e. The second-order valence-electron chi connectivity index (χ2n) is 3.89. The molecule has 0 rings (SSSR count). The Bertz CT molecular complexity index is 106. The van der Waals surface area contributed by atoms with Crippen LogP contribution in [0.4, 0.5) is 0 Å². The highest BCUT2D eigenvalue weighted by Gasteiger charge is 2.00. The standard InChI is InChI=1S/C12H26ClN/c1-3-5-11-14(4-2)12-9-7-6-8-10-13/h3-12H2,1-2H3. The van der Waals surface area contributed by atoms with Crippen molar-refractivity contribution in [2.45, 2.75) is 52.4 Å². The zero-order valence-electron chi connectivity index (χ0n) is 9.90. The van der Waals surface area contributed by atoms with Gasteiger partial charge in [-0.05, 0) is 38.9 Å². The Morgan fingerprint density at radius 1 is 0.857 bits per heavy atom. The Labute approximate surface area is 94.8 Å². The lowest BCUT2D eigenvalue weighted by Crippen LogP contribution is -2.25. The van der Waals surface area contributed by atoms with E-state index in [-0.39, 0.29) is 0 Å². The predicted octanol–water partition coefficient (Wildman–Crippen LogP) is 3.91. The smallest absolute Gasteiger partial charge is 0.0223 e. The summed E-state index contributed by atoms with van der Waals surface area (Å²) in [4.78, 5) is 2.56. The van der Waals surface area contributed by atoms with Crippen LogP contribution in [0.1, 0.15) is 52.4 Å². The molecule has 0 aliphatic heterocycles. The molecular formula is C12H26ClN. The lowest BCUT2D eigenvalue weighted by Gasteiger charge is -2.19. The molecule has 0 aliphatic carbocycles. The normalized spacial score (nSPS) is 11.1. The Balaban J connectivity index is 3.24. The highest BCUT2D eigenvalue weighted by atomic mass is 35.5. The van der Waals surface area contributed by atoms with E-state index in [4.69, 9.17) is 11.6 Å². The minimum atomic E-state index is 0.827. The van der Waals surface area contributed by atoms with Gasteiger partial charge in [-0.2, -0.15) is 0 Å². The van der Waals surface area contributed by atoms with E-state index in [0.717, 1.165) is 5.88 Å². The fourth-order valence-corrected chi connectivity index (χ4v) is 1.78. The van der Waals surface area contributed by atoms with Crippen LogP contribution in [0.2, 0.25) is 0 Å². The van der Waals surface area contributed by atoms with Gasteiger partial charge in [0.2, 0.25) is 0 Å². The molecule has 2 heteroatoms. The largest absolute Gasteiger partial charge is 0.304 e. The maximum Gasteiger partial charge on any atom is 0.0223 e. The number of nitrogens with zero attached hydrogens (tertiary/aromatic N) is 1. The number of alkyl halides is 1. The van der Waals surface area contributed by atoms with Crippen LogP contribution in [0, 0.1) is 0 Å². The summed E-state index contributed by atoms with van der Waals surface area (Å²) in [6.07, 6.45) is 7.82. The molecule has 14 heavy (non-hydrogen) atoms. The zero-order chi connectivity index (χ0) is 10.6. The summed E-state index contributed by atoms with van der Waals surface area (Å²) in [6, 6.07) is 0. The van der Waals surface area contributed by atoms with Crippen LogP contribution in [-0.4, -0.2) is 30.4 Å². The van der Waals surface area contributed by atoms with Crippen LogP contribution in [0.5, 0.6) is 0 Å². The van der Waals surface area contributed by atoms with Crippen molar-refractivity contribution in [2.24, 2.45) is 0 Å². The van der Waals surface area contributed by atoms with E-state index >= 15 is 0 Å². The molecule has 0 saturated heterocycles. The quantitative estimate of drug-likeness (QED) is 0.398. The van der Waals surface area contributed by atoms with Crippen molar-refractivity contribution in [1.29, 1.82) is 0 Å². The van der Waals surface area contributed by atoms with Gasteiger partial charge in [-0.25, -0.2) is 0 Å². The average Bonchev–Trinajstić information content (AvgIpc) is 2.22. The molecule has 0 saturated carbocycles.